The Morgan fingerprint density at radius 3 is 2.57 bits per heavy atom. The quantitative estimate of drug-likeness (QED) is 0.484. The van der Waals surface area contributed by atoms with E-state index in [1.807, 2.05) is 0 Å². The average Bonchev–Trinajstić information content (AvgIpc) is 2.46. The lowest BCUT2D eigenvalue weighted by Crippen LogP contribution is -2.20. The standard InChI is InChI=1S/C13H22N2O5S/c1-15-21(16,17)13-5-4-11(10-12(13)14)20-9-8-19-7-3-6-18-2/h4-5,10,15H,3,6-9,14H2,1-2H3. The molecule has 0 amide bonds. The van der Waals surface area contributed by atoms with Crippen LogP contribution >= 0.6 is 0 Å². The van der Waals surface area contributed by atoms with E-state index in [0.29, 0.717) is 32.2 Å². The number of nitrogens with one attached hydrogen (secondary N) is 1. The molecule has 0 radical (unpaired) electrons. The first-order valence-electron chi connectivity index (χ1n) is 6.54. The van der Waals surface area contributed by atoms with Gasteiger partial charge in [0.15, 0.2) is 0 Å². The molecular formula is C13H22N2O5S. The van der Waals surface area contributed by atoms with Crippen LogP contribution in [0.3, 0.4) is 0 Å². The van der Waals surface area contributed by atoms with E-state index in [4.69, 9.17) is 19.9 Å². The van der Waals surface area contributed by atoms with Crippen LogP contribution in [-0.4, -0.2) is 49.0 Å². The molecule has 0 aliphatic heterocycles. The monoisotopic (exact) mass is 318 g/mol. The molecule has 8 heteroatoms. The molecule has 3 N–H and O–H groups in total. The maximum atomic E-state index is 11.7. The Morgan fingerprint density at radius 2 is 1.95 bits per heavy atom. The first-order valence-corrected chi connectivity index (χ1v) is 8.02. The zero-order valence-electron chi connectivity index (χ0n) is 12.3. The number of anilines is 1. The Bertz CT molecular complexity index is 533. The molecule has 1 aromatic rings. The van der Waals surface area contributed by atoms with Gasteiger partial charge in [-0.2, -0.15) is 0 Å². The number of benzene rings is 1. The average molecular weight is 318 g/mol. The summed E-state index contributed by atoms with van der Waals surface area (Å²) >= 11 is 0. The number of ether oxygens (including phenoxy) is 3. The van der Waals surface area contributed by atoms with E-state index in [0.717, 1.165) is 6.42 Å². The summed E-state index contributed by atoms with van der Waals surface area (Å²) < 4.78 is 41.2. The van der Waals surface area contributed by atoms with Crippen molar-refractivity contribution in [2.24, 2.45) is 0 Å². The van der Waals surface area contributed by atoms with E-state index in [-0.39, 0.29) is 10.6 Å². The molecule has 1 aromatic carbocycles. The molecule has 7 nitrogen and oxygen atoms in total. The second kappa shape index (κ2) is 8.83. The van der Waals surface area contributed by atoms with Crippen LogP contribution < -0.4 is 15.2 Å². The third kappa shape index (κ3) is 5.88. The maximum absolute atomic E-state index is 11.7. The number of rotatable bonds is 10. The lowest BCUT2D eigenvalue weighted by Gasteiger charge is -2.10. The summed E-state index contributed by atoms with van der Waals surface area (Å²) in [5, 5.41) is 0. The first kappa shape index (κ1) is 17.7. The van der Waals surface area contributed by atoms with Crippen molar-refractivity contribution in [3.63, 3.8) is 0 Å². The minimum atomic E-state index is -3.55. The molecule has 120 valence electrons. The van der Waals surface area contributed by atoms with Crippen molar-refractivity contribution in [2.75, 3.05) is 46.3 Å². The first-order chi connectivity index (χ1) is 10.0. The number of hydrogen-bond acceptors (Lipinski definition) is 6. The van der Waals surface area contributed by atoms with Gasteiger partial charge in [-0.05, 0) is 25.6 Å². The van der Waals surface area contributed by atoms with Crippen molar-refractivity contribution in [1.82, 2.24) is 4.72 Å². The van der Waals surface area contributed by atoms with Gasteiger partial charge in [-0.15, -0.1) is 0 Å². The van der Waals surface area contributed by atoms with Gasteiger partial charge in [0.25, 0.3) is 0 Å². The molecule has 1 rings (SSSR count). The Kier molecular flexibility index (Phi) is 7.44. The molecule has 0 saturated heterocycles. The summed E-state index contributed by atoms with van der Waals surface area (Å²) in [7, 11) is -0.573. The molecule has 0 spiro atoms. The van der Waals surface area contributed by atoms with Gasteiger partial charge in [-0.3, -0.25) is 0 Å². The van der Waals surface area contributed by atoms with Crippen LogP contribution in [0.25, 0.3) is 0 Å². The zero-order valence-corrected chi connectivity index (χ0v) is 13.1. The summed E-state index contributed by atoms with van der Waals surface area (Å²) in [6.07, 6.45) is 0.833. The number of methoxy groups -OCH3 is 1. The third-order valence-electron chi connectivity index (χ3n) is 2.67. The fourth-order valence-electron chi connectivity index (χ4n) is 1.60. The van der Waals surface area contributed by atoms with Crippen molar-refractivity contribution in [3.05, 3.63) is 18.2 Å². The number of nitrogen functional groups attached to an aromatic ring is 1. The number of hydrogen-bond donors (Lipinski definition) is 2. The molecule has 21 heavy (non-hydrogen) atoms. The van der Waals surface area contributed by atoms with Gasteiger partial charge in [0.2, 0.25) is 10.0 Å². The third-order valence-corrected chi connectivity index (χ3v) is 4.16. The van der Waals surface area contributed by atoms with Crippen molar-refractivity contribution < 1.29 is 22.6 Å². The highest BCUT2D eigenvalue weighted by Gasteiger charge is 2.15. The van der Waals surface area contributed by atoms with Crippen LogP contribution in [0.1, 0.15) is 6.42 Å². The Labute approximate surface area is 125 Å². The summed E-state index contributed by atoms with van der Waals surface area (Å²) in [6, 6.07) is 4.45. The van der Waals surface area contributed by atoms with Crippen LogP contribution in [-0.2, 0) is 19.5 Å². The summed E-state index contributed by atoms with van der Waals surface area (Å²) in [5.74, 6) is 0.503. The minimum Gasteiger partial charge on any atom is -0.491 e. The summed E-state index contributed by atoms with van der Waals surface area (Å²) in [5.41, 5.74) is 5.87. The second-order valence-electron chi connectivity index (χ2n) is 4.21. The fraction of sp³-hybridized carbons (Fsp3) is 0.538. The van der Waals surface area contributed by atoms with Crippen LogP contribution in [0.4, 0.5) is 5.69 Å². The molecule has 0 heterocycles. The molecule has 0 aliphatic rings. The lowest BCUT2D eigenvalue weighted by atomic mass is 10.3. The van der Waals surface area contributed by atoms with E-state index in [1.165, 1.54) is 19.2 Å². The van der Waals surface area contributed by atoms with Crippen LogP contribution in [0.5, 0.6) is 5.75 Å². The van der Waals surface area contributed by atoms with Gasteiger partial charge in [-0.1, -0.05) is 0 Å². The van der Waals surface area contributed by atoms with Gasteiger partial charge < -0.3 is 19.9 Å². The topological polar surface area (TPSA) is 99.9 Å². The lowest BCUT2D eigenvalue weighted by molar-refractivity contribution is 0.0806. The van der Waals surface area contributed by atoms with Gasteiger partial charge in [-0.25, -0.2) is 13.1 Å². The molecule has 0 atom stereocenters. The van der Waals surface area contributed by atoms with Crippen molar-refractivity contribution >= 4 is 15.7 Å². The largest absolute Gasteiger partial charge is 0.491 e. The van der Waals surface area contributed by atoms with Gasteiger partial charge in [0.1, 0.15) is 17.3 Å². The number of sulfonamides is 1. The highest BCUT2D eigenvalue weighted by molar-refractivity contribution is 7.89. The van der Waals surface area contributed by atoms with Gasteiger partial charge >= 0.3 is 0 Å². The van der Waals surface area contributed by atoms with Crippen LogP contribution in [0.15, 0.2) is 23.1 Å². The maximum Gasteiger partial charge on any atom is 0.242 e. The molecule has 0 saturated carbocycles. The molecule has 0 aromatic heterocycles. The van der Waals surface area contributed by atoms with Crippen LogP contribution in [0.2, 0.25) is 0 Å². The SMILES string of the molecule is CNS(=O)(=O)c1ccc(OCCOCCCOC)cc1N. The van der Waals surface area contributed by atoms with Gasteiger partial charge in [0, 0.05) is 26.4 Å². The number of nitrogens with two attached hydrogens (primary N) is 1. The predicted octanol–water partition coefficient (Wildman–Crippen LogP) is 0.609. The minimum absolute atomic E-state index is 0.0353. The second-order valence-corrected chi connectivity index (χ2v) is 6.07. The Morgan fingerprint density at radius 1 is 1.19 bits per heavy atom. The van der Waals surface area contributed by atoms with E-state index in [2.05, 4.69) is 4.72 Å². The van der Waals surface area contributed by atoms with E-state index < -0.39 is 10.0 Å². The van der Waals surface area contributed by atoms with Crippen molar-refractivity contribution in [2.45, 2.75) is 11.3 Å². The molecule has 0 bridgehead atoms. The fourth-order valence-corrected chi connectivity index (χ4v) is 2.43. The van der Waals surface area contributed by atoms with Crippen molar-refractivity contribution in [3.8, 4) is 5.75 Å². The smallest absolute Gasteiger partial charge is 0.242 e. The zero-order chi connectivity index (χ0) is 15.7. The van der Waals surface area contributed by atoms with Gasteiger partial charge in [0.05, 0.1) is 12.3 Å². The highest BCUT2D eigenvalue weighted by atomic mass is 32.2. The Hall–Kier alpha value is -1.35. The van der Waals surface area contributed by atoms with E-state index in [1.54, 1.807) is 13.2 Å². The van der Waals surface area contributed by atoms with Crippen molar-refractivity contribution in [1.29, 1.82) is 0 Å². The summed E-state index contributed by atoms with van der Waals surface area (Å²) in [6.45, 7) is 2.09. The molecule has 0 unspecified atom stereocenters. The predicted molar refractivity (Wildman–Crippen MR) is 79.9 cm³/mol. The van der Waals surface area contributed by atoms with E-state index >= 15 is 0 Å². The molecule has 0 aliphatic carbocycles. The van der Waals surface area contributed by atoms with Crippen LogP contribution in [0, 0.1) is 0 Å². The highest BCUT2D eigenvalue weighted by Crippen LogP contribution is 2.23. The molecule has 0 fully saturated rings. The molecular weight excluding hydrogens is 296 g/mol. The van der Waals surface area contributed by atoms with E-state index in [9.17, 15) is 8.42 Å². The summed E-state index contributed by atoms with van der Waals surface area (Å²) in [4.78, 5) is 0.0353. The Balaban J connectivity index is 2.43. The normalized spacial score (nSPS) is 11.5.